The highest BCUT2D eigenvalue weighted by Gasteiger charge is 2.38. The Morgan fingerprint density at radius 3 is 2.08 bits per heavy atom. The van der Waals surface area contributed by atoms with E-state index in [1.54, 1.807) is 7.05 Å². The Labute approximate surface area is 149 Å². The van der Waals surface area contributed by atoms with E-state index in [0.717, 1.165) is 0 Å². The number of hydrogen-bond acceptors (Lipinski definition) is 4. The van der Waals surface area contributed by atoms with Crippen molar-refractivity contribution in [3.05, 3.63) is 0 Å². The third-order valence-corrected chi connectivity index (χ3v) is 9.91. The van der Waals surface area contributed by atoms with Gasteiger partial charge >= 0.3 is 0 Å². The maximum Gasteiger partial charge on any atom is 0.248 e. The monoisotopic (exact) mass is 361 g/mol. The average Bonchev–Trinajstić information content (AvgIpc) is 2.48. The molecule has 0 aromatic rings. The molecule has 24 heavy (non-hydrogen) atoms. The second-order valence-corrected chi connectivity index (χ2v) is 13.5. The number of hydrogen-bond donors (Lipinski definition) is 1. The zero-order valence-electron chi connectivity index (χ0n) is 17.3. The molecule has 0 unspecified atom stereocenters. The third kappa shape index (κ3) is 6.82. The van der Waals surface area contributed by atoms with E-state index in [0.29, 0.717) is 13.0 Å². The predicted molar refractivity (Wildman–Crippen MR) is 101 cm³/mol. The maximum atomic E-state index is 12.1. The van der Waals surface area contributed by atoms with Crippen LogP contribution in [-0.4, -0.2) is 51.3 Å². The highest BCUT2D eigenvalue weighted by molar-refractivity contribution is 6.74. The standard InChI is InChI=1S/C18H39NO4Si/c1-13(11-14(2)17(21)19(7)22-8)16(20)15(3)12-23-24(9,10)18(4,5)6/h13-16,20H,11-12H2,1-10H3/t13-,14+,15-,16-/m0/s1. The van der Waals surface area contributed by atoms with Crippen molar-refractivity contribution < 1.29 is 19.2 Å². The lowest BCUT2D eigenvalue weighted by molar-refractivity contribution is -0.173. The van der Waals surface area contributed by atoms with Gasteiger partial charge in [-0.25, -0.2) is 5.06 Å². The molecule has 0 spiro atoms. The molecule has 0 aliphatic carbocycles. The molecule has 1 N–H and O–H groups in total. The fraction of sp³-hybridized carbons (Fsp3) is 0.944. The first-order valence-electron chi connectivity index (χ1n) is 8.88. The van der Waals surface area contributed by atoms with Gasteiger partial charge in [0.15, 0.2) is 8.32 Å². The number of hydroxylamine groups is 2. The van der Waals surface area contributed by atoms with Crippen molar-refractivity contribution in [2.75, 3.05) is 20.8 Å². The smallest absolute Gasteiger partial charge is 0.248 e. The number of amides is 1. The Balaban J connectivity index is 4.57. The molecule has 0 aliphatic rings. The third-order valence-electron chi connectivity index (χ3n) is 5.41. The largest absolute Gasteiger partial charge is 0.416 e. The van der Waals surface area contributed by atoms with Crippen molar-refractivity contribution in [1.82, 2.24) is 5.06 Å². The van der Waals surface area contributed by atoms with Crippen molar-refractivity contribution in [3.8, 4) is 0 Å². The van der Waals surface area contributed by atoms with Gasteiger partial charge in [-0.1, -0.05) is 41.5 Å². The SMILES string of the molecule is CON(C)C(=O)[C@H](C)C[C@H](C)[C@H](O)[C@@H](C)CO[Si](C)(C)C(C)(C)C. The van der Waals surface area contributed by atoms with Gasteiger partial charge in [0.05, 0.1) is 13.2 Å². The number of nitrogens with zero attached hydrogens (tertiary/aromatic N) is 1. The van der Waals surface area contributed by atoms with Crippen LogP contribution in [0.4, 0.5) is 0 Å². The Hall–Kier alpha value is -0.433. The molecule has 144 valence electrons. The van der Waals surface area contributed by atoms with Crippen LogP contribution < -0.4 is 0 Å². The fourth-order valence-corrected chi connectivity index (χ4v) is 3.53. The van der Waals surface area contributed by atoms with E-state index in [-0.39, 0.29) is 28.7 Å². The minimum Gasteiger partial charge on any atom is -0.416 e. The Morgan fingerprint density at radius 1 is 1.17 bits per heavy atom. The van der Waals surface area contributed by atoms with Crippen LogP contribution in [0.2, 0.25) is 18.1 Å². The first kappa shape index (κ1) is 23.6. The topological polar surface area (TPSA) is 59.0 Å². The summed E-state index contributed by atoms with van der Waals surface area (Å²) in [6.45, 7) is 17.5. The molecule has 0 bridgehead atoms. The van der Waals surface area contributed by atoms with Crippen molar-refractivity contribution in [3.63, 3.8) is 0 Å². The van der Waals surface area contributed by atoms with Crippen LogP contribution >= 0.6 is 0 Å². The number of carbonyl (C=O) groups excluding carboxylic acids is 1. The molecule has 4 atom stereocenters. The van der Waals surface area contributed by atoms with Crippen LogP contribution in [0, 0.1) is 17.8 Å². The van der Waals surface area contributed by atoms with E-state index in [1.165, 1.54) is 12.2 Å². The molecule has 0 aromatic heterocycles. The molecule has 0 heterocycles. The van der Waals surface area contributed by atoms with Gasteiger partial charge in [-0.2, -0.15) is 0 Å². The summed E-state index contributed by atoms with van der Waals surface area (Å²) in [5, 5.41) is 12.0. The van der Waals surface area contributed by atoms with Gasteiger partial charge in [0.1, 0.15) is 0 Å². The van der Waals surface area contributed by atoms with Crippen LogP contribution in [0.3, 0.4) is 0 Å². The summed E-state index contributed by atoms with van der Waals surface area (Å²) >= 11 is 0. The summed E-state index contributed by atoms with van der Waals surface area (Å²) in [5.74, 6) is -0.196. The predicted octanol–water partition coefficient (Wildman–Crippen LogP) is 3.69. The van der Waals surface area contributed by atoms with Crippen molar-refractivity contribution in [2.24, 2.45) is 17.8 Å². The lowest BCUT2D eigenvalue weighted by Gasteiger charge is -2.38. The second kappa shape index (κ2) is 9.32. The fourth-order valence-electron chi connectivity index (χ4n) is 2.41. The molecule has 0 radical (unpaired) electrons. The number of rotatable bonds is 9. The van der Waals surface area contributed by atoms with Crippen LogP contribution in [-0.2, 0) is 14.1 Å². The Bertz CT molecular complexity index is 395. The summed E-state index contributed by atoms with van der Waals surface area (Å²) in [5.41, 5.74) is 0. The molecular formula is C18H39NO4Si. The summed E-state index contributed by atoms with van der Waals surface area (Å²) in [6, 6.07) is 0. The van der Waals surface area contributed by atoms with Crippen molar-refractivity contribution in [1.29, 1.82) is 0 Å². The number of carbonyl (C=O) groups is 1. The van der Waals surface area contributed by atoms with Gasteiger partial charge < -0.3 is 9.53 Å². The average molecular weight is 362 g/mol. The number of aliphatic hydroxyl groups is 1. The summed E-state index contributed by atoms with van der Waals surface area (Å²) < 4.78 is 6.22. The normalized spacial score (nSPS) is 18.0. The van der Waals surface area contributed by atoms with E-state index in [9.17, 15) is 9.90 Å². The molecule has 5 nitrogen and oxygen atoms in total. The summed E-state index contributed by atoms with van der Waals surface area (Å²) in [6.07, 6.45) is 0.135. The van der Waals surface area contributed by atoms with Crippen molar-refractivity contribution in [2.45, 2.75) is 72.2 Å². The van der Waals surface area contributed by atoms with Gasteiger partial charge in [0.25, 0.3) is 0 Å². The molecule has 0 fully saturated rings. The lowest BCUT2D eigenvalue weighted by Crippen LogP contribution is -2.43. The zero-order chi connectivity index (χ0) is 19.3. The molecule has 0 saturated heterocycles. The quantitative estimate of drug-likeness (QED) is 0.503. The summed E-state index contributed by atoms with van der Waals surface area (Å²) in [4.78, 5) is 17.0. The Kier molecular flexibility index (Phi) is 9.15. The van der Waals surface area contributed by atoms with Crippen LogP contribution in [0.5, 0.6) is 0 Å². The molecule has 0 rings (SSSR count). The lowest BCUT2D eigenvalue weighted by atomic mass is 9.87. The van der Waals surface area contributed by atoms with Gasteiger partial charge in [-0.15, -0.1) is 0 Å². The first-order valence-corrected chi connectivity index (χ1v) is 11.8. The highest BCUT2D eigenvalue weighted by Crippen LogP contribution is 2.37. The van der Waals surface area contributed by atoms with E-state index >= 15 is 0 Å². The molecule has 1 amide bonds. The molecule has 0 aromatic carbocycles. The van der Waals surface area contributed by atoms with E-state index < -0.39 is 14.4 Å². The second-order valence-electron chi connectivity index (χ2n) is 8.67. The van der Waals surface area contributed by atoms with Crippen LogP contribution in [0.25, 0.3) is 0 Å². The van der Waals surface area contributed by atoms with Crippen molar-refractivity contribution >= 4 is 14.2 Å². The minimum absolute atomic E-state index is 0.0206. The molecule has 0 aliphatic heterocycles. The van der Waals surface area contributed by atoms with E-state index in [4.69, 9.17) is 9.26 Å². The van der Waals surface area contributed by atoms with Gasteiger partial charge in [-0.3, -0.25) is 9.63 Å². The molecule has 6 heteroatoms. The van der Waals surface area contributed by atoms with Gasteiger partial charge in [0.2, 0.25) is 5.91 Å². The van der Waals surface area contributed by atoms with Crippen LogP contribution in [0.15, 0.2) is 0 Å². The molecular weight excluding hydrogens is 322 g/mol. The van der Waals surface area contributed by atoms with Gasteiger partial charge in [-0.05, 0) is 30.5 Å². The van der Waals surface area contributed by atoms with Gasteiger partial charge in [0, 0.05) is 25.5 Å². The minimum atomic E-state index is -1.81. The Morgan fingerprint density at radius 2 is 1.67 bits per heavy atom. The summed E-state index contributed by atoms with van der Waals surface area (Å²) in [7, 11) is 1.28. The first-order chi connectivity index (χ1) is 10.7. The number of aliphatic hydroxyl groups excluding tert-OH is 1. The highest BCUT2D eigenvalue weighted by atomic mass is 28.4. The van der Waals surface area contributed by atoms with Crippen LogP contribution in [0.1, 0.15) is 48.0 Å². The van der Waals surface area contributed by atoms with E-state index in [1.807, 2.05) is 20.8 Å². The maximum absolute atomic E-state index is 12.1. The zero-order valence-corrected chi connectivity index (χ0v) is 18.3. The molecule has 0 saturated carbocycles. The van der Waals surface area contributed by atoms with E-state index in [2.05, 4.69) is 33.9 Å².